The Morgan fingerprint density at radius 2 is 2.00 bits per heavy atom. The highest BCUT2D eigenvalue weighted by molar-refractivity contribution is 6.18. The summed E-state index contributed by atoms with van der Waals surface area (Å²) in [5.41, 5.74) is 3.78. The van der Waals surface area contributed by atoms with Gasteiger partial charge in [-0.2, -0.15) is 0 Å². The number of aliphatic hydroxyl groups excluding tert-OH is 1. The van der Waals surface area contributed by atoms with Crippen LogP contribution in [-0.4, -0.2) is 38.0 Å². The van der Waals surface area contributed by atoms with Gasteiger partial charge in [-0.05, 0) is 25.1 Å². The fraction of sp³-hybridized carbons (Fsp3) is 0.250. The Morgan fingerprint density at radius 1 is 1.23 bits per heavy atom. The van der Waals surface area contributed by atoms with E-state index in [2.05, 4.69) is 15.3 Å². The molecule has 6 heteroatoms. The molecule has 0 fully saturated rings. The lowest BCUT2D eigenvalue weighted by molar-refractivity contribution is 0.211. The van der Waals surface area contributed by atoms with E-state index in [9.17, 15) is 5.11 Å². The molecule has 0 aliphatic heterocycles. The Hall–Kier alpha value is -2.11. The molecule has 0 saturated heterocycles. The van der Waals surface area contributed by atoms with Crippen LogP contribution in [0, 0.1) is 6.92 Å². The van der Waals surface area contributed by atoms with Crippen molar-refractivity contribution in [1.82, 2.24) is 14.4 Å². The molecule has 114 valence electrons. The van der Waals surface area contributed by atoms with Crippen molar-refractivity contribution in [3.8, 4) is 11.3 Å². The molecule has 2 N–H and O–H groups in total. The van der Waals surface area contributed by atoms with E-state index in [-0.39, 0.29) is 5.88 Å². The summed E-state index contributed by atoms with van der Waals surface area (Å²) in [6.45, 7) is 2.38. The van der Waals surface area contributed by atoms with Gasteiger partial charge in [-0.1, -0.05) is 12.1 Å². The van der Waals surface area contributed by atoms with Gasteiger partial charge in [0.25, 0.3) is 0 Å². The summed E-state index contributed by atoms with van der Waals surface area (Å²) in [5, 5.41) is 12.6. The molecule has 5 nitrogen and oxygen atoms in total. The van der Waals surface area contributed by atoms with Gasteiger partial charge in [0.15, 0.2) is 0 Å². The number of nitrogens with one attached hydrogen (secondary N) is 1. The molecule has 2 heterocycles. The molecular formula is C16H17ClN4O. The second-order valence-electron chi connectivity index (χ2n) is 5.17. The number of halogens is 1. The first-order valence-corrected chi connectivity index (χ1v) is 7.60. The number of aliphatic hydroxyl groups is 1. The second kappa shape index (κ2) is 6.34. The fourth-order valence-electron chi connectivity index (χ4n) is 2.15. The van der Waals surface area contributed by atoms with Gasteiger partial charge in [-0.25, -0.2) is 9.97 Å². The first-order chi connectivity index (χ1) is 10.7. The van der Waals surface area contributed by atoms with Crippen molar-refractivity contribution >= 4 is 23.1 Å². The monoisotopic (exact) mass is 316 g/mol. The topological polar surface area (TPSA) is 62.5 Å². The third-order valence-electron chi connectivity index (χ3n) is 3.37. The molecule has 0 amide bonds. The average molecular weight is 317 g/mol. The van der Waals surface area contributed by atoms with Crippen LogP contribution in [0.4, 0.5) is 5.69 Å². The second-order valence-corrected chi connectivity index (χ2v) is 5.48. The summed E-state index contributed by atoms with van der Waals surface area (Å²) in [6.07, 6.45) is 3.37. The van der Waals surface area contributed by atoms with E-state index in [1.54, 1.807) is 0 Å². The SMILES string of the molecule is Cc1ccn2cc(-c3ccc(NCC(O)CCl)cc3)nc2n1. The normalized spacial score (nSPS) is 12.5. The van der Waals surface area contributed by atoms with Gasteiger partial charge in [0.1, 0.15) is 0 Å². The highest BCUT2D eigenvalue weighted by Gasteiger charge is 2.06. The standard InChI is InChI=1S/C16H17ClN4O/c1-11-6-7-21-10-15(20-16(21)19-11)12-2-4-13(5-3-12)18-9-14(22)8-17/h2-7,10,14,18,22H,8-9H2,1H3. The van der Waals surface area contributed by atoms with E-state index in [1.807, 2.05) is 54.0 Å². The number of nitrogens with zero attached hydrogens (tertiary/aromatic N) is 3. The van der Waals surface area contributed by atoms with Crippen molar-refractivity contribution < 1.29 is 5.11 Å². The molecule has 22 heavy (non-hydrogen) atoms. The molecule has 1 unspecified atom stereocenters. The van der Waals surface area contributed by atoms with Crippen LogP contribution in [0.15, 0.2) is 42.7 Å². The molecule has 0 aliphatic rings. The zero-order valence-electron chi connectivity index (χ0n) is 12.2. The average Bonchev–Trinajstić information content (AvgIpc) is 2.96. The molecule has 0 spiro atoms. The van der Waals surface area contributed by atoms with Crippen LogP contribution in [-0.2, 0) is 0 Å². The van der Waals surface area contributed by atoms with Crippen LogP contribution in [0.1, 0.15) is 5.69 Å². The van der Waals surface area contributed by atoms with Crippen LogP contribution < -0.4 is 5.32 Å². The molecule has 3 aromatic rings. The zero-order valence-corrected chi connectivity index (χ0v) is 13.0. The van der Waals surface area contributed by atoms with Gasteiger partial charge in [0.2, 0.25) is 5.78 Å². The summed E-state index contributed by atoms with van der Waals surface area (Å²) >= 11 is 5.57. The number of alkyl halides is 1. The Labute approximate surface area is 133 Å². The number of hydrogen-bond acceptors (Lipinski definition) is 4. The van der Waals surface area contributed by atoms with E-state index < -0.39 is 6.10 Å². The molecule has 0 saturated carbocycles. The van der Waals surface area contributed by atoms with Gasteiger partial charge < -0.3 is 10.4 Å². The lowest BCUT2D eigenvalue weighted by Gasteiger charge is -2.10. The van der Waals surface area contributed by atoms with Crippen LogP contribution >= 0.6 is 11.6 Å². The highest BCUT2D eigenvalue weighted by atomic mass is 35.5. The smallest absolute Gasteiger partial charge is 0.234 e. The molecule has 0 radical (unpaired) electrons. The van der Waals surface area contributed by atoms with E-state index in [4.69, 9.17) is 11.6 Å². The van der Waals surface area contributed by atoms with Crippen LogP contribution in [0.25, 0.3) is 17.0 Å². The van der Waals surface area contributed by atoms with Gasteiger partial charge >= 0.3 is 0 Å². The van der Waals surface area contributed by atoms with Crippen LogP contribution in [0.3, 0.4) is 0 Å². The van der Waals surface area contributed by atoms with Crippen molar-refractivity contribution in [2.45, 2.75) is 13.0 Å². The van der Waals surface area contributed by atoms with E-state index >= 15 is 0 Å². The molecule has 0 bridgehead atoms. The zero-order chi connectivity index (χ0) is 15.5. The minimum atomic E-state index is -0.547. The summed E-state index contributed by atoms with van der Waals surface area (Å²) in [4.78, 5) is 8.93. The third kappa shape index (κ3) is 3.21. The van der Waals surface area contributed by atoms with Gasteiger partial charge in [-0.3, -0.25) is 4.40 Å². The number of rotatable bonds is 5. The summed E-state index contributed by atoms with van der Waals surface area (Å²) in [7, 11) is 0. The number of fused-ring (bicyclic) bond motifs is 1. The Balaban J connectivity index is 1.79. The van der Waals surface area contributed by atoms with Crippen LogP contribution in [0.5, 0.6) is 0 Å². The third-order valence-corrected chi connectivity index (χ3v) is 3.72. The quantitative estimate of drug-likeness (QED) is 0.710. The van der Waals surface area contributed by atoms with Crippen LogP contribution in [0.2, 0.25) is 0 Å². The predicted molar refractivity (Wildman–Crippen MR) is 88.4 cm³/mol. The Bertz CT molecular complexity index is 769. The Morgan fingerprint density at radius 3 is 2.73 bits per heavy atom. The number of imidazole rings is 1. The maximum absolute atomic E-state index is 9.44. The largest absolute Gasteiger partial charge is 0.390 e. The van der Waals surface area contributed by atoms with E-state index in [0.29, 0.717) is 12.3 Å². The first kappa shape index (κ1) is 14.8. The predicted octanol–water partition coefficient (Wildman–Crippen LogP) is 2.72. The molecule has 1 atom stereocenters. The first-order valence-electron chi connectivity index (χ1n) is 7.06. The van der Waals surface area contributed by atoms with Crippen molar-refractivity contribution in [3.05, 3.63) is 48.4 Å². The number of hydrogen-bond donors (Lipinski definition) is 2. The number of aryl methyl sites for hydroxylation is 1. The van der Waals surface area contributed by atoms with Crippen molar-refractivity contribution in [2.75, 3.05) is 17.7 Å². The molecule has 1 aromatic carbocycles. The molecule has 2 aromatic heterocycles. The maximum atomic E-state index is 9.44. The van der Waals surface area contributed by atoms with Crippen molar-refractivity contribution in [1.29, 1.82) is 0 Å². The lowest BCUT2D eigenvalue weighted by Crippen LogP contribution is -2.20. The van der Waals surface area contributed by atoms with Crippen molar-refractivity contribution in [3.63, 3.8) is 0 Å². The summed E-state index contributed by atoms with van der Waals surface area (Å²) < 4.78 is 1.91. The minimum Gasteiger partial charge on any atom is -0.390 e. The van der Waals surface area contributed by atoms with Gasteiger partial charge in [-0.15, -0.1) is 11.6 Å². The Kier molecular flexibility index (Phi) is 4.27. The number of benzene rings is 1. The van der Waals surface area contributed by atoms with Crippen molar-refractivity contribution in [2.24, 2.45) is 0 Å². The highest BCUT2D eigenvalue weighted by Crippen LogP contribution is 2.21. The van der Waals surface area contributed by atoms with E-state index in [0.717, 1.165) is 22.6 Å². The lowest BCUT2D eigenvalue weighted by atomic mass is 10.1. The van der Waals surface area contributed by atoms with Gasteiger partial charge in [0, 0.05) is 35.9 Å². The molecule has 0 aliphatic carbocycles. The summed E-state index contributed by atoms with van der Waals surface area (Å²) in [6, 6.07) is 9.85. The fourth-order valence-corrected chi connectivity index (χ4v) is 2.26. The van der Waals surface area contributed by atoms with Gasteiger partial charge in [0.05, 0.1) is 17.7 Å². The molecule has 3 rings (SSSR count). The summed E-state index contributed by atoms with van der Waals surface area (Å²) in [5.74, 6) is 0.918. The maximum Gasteiger partial charge on any atom is 0.234 e. The molecular weight excluding hydrogens is 300 g/mol. The minimum absolute atomic E-state index is 0.221. The number of anilines is 1. The van der Waals surface area contributed by atoms with E-state index in [1.165, 1.54) is 0 Å². The number of aromatic nitrogens is 3.